The fourth-order valence-electron chi connectivity index (χ4n) is 1.81. The van der Waals surface area contributed by atoms with Crippen molar-refractivity contribution in [2.24, 2.45) is 5.92 Å². The molecule has 0 saturated carbocycles. The Bertz CT molecular complexity index is 652. The predicted molar refractivity (Wildman–Crippen MR) is 79.2 cm³/mol. The number of carbonyl (C=O) groups excluding carboxylic acids is 1. The van der Waals surface area contributed by atoms with Crippen molar-refractivity contribution in [1.29, 1.82) is 0 Å². The summed E-state index contributed by atoms with van der Waals surface area (Å²) in [6.07, 6.45) is -1.04. The van der Waals surface area contributed by atoms with E-state index in [0.717, 1.165) is 16.6 Å². The van der Waals surface area contributed by atoms with Crippen LogP contribution in [0.2, 0.25) is 0 Å². The molecule has 4 nitrogen and oxygen atoms in total. The highest BCUT2D eigenvalue weighted by atomic mass is 79.9. The Morgan fingerprint density at radius 1 is 1.36 bits per heavy atom. The minimum absolute atomic E-state index is 0.286. The molecule has 1 amide bonds. The summed E-state index contributed by atoms with van der Waals surface area (Å²) in [5, 5.41) is 6.64. The number of halogens is 4. The first-order valence-electron chi connectivity index (χ1n) is 6.42. The number of hydrogen-bond donors (Lipinski definition) is 1. The Labute approximate surface area is 133 Å². The van der Waals surface area contributed by atoms with Gasteiger partial charge in [-0.1, -0.05) is 6.92 Å². The third-order valence-corrected chi connectivity index (χ3v) is 3.40. The fourth-order valence-corrected chi connectivity index (χ4v) is 2.14. The maximum Gasteiger partial charge on any atom is 0.416 e. The maximum atomic E-state index is 12.5. The lowest BCUT2D eigenvalue weighted by Crippen LogP contribution is -2.24. The third-order valence-electron chi connectivity index (χ3n) is 2.99. The summed E-state index contributed by atoms with van der Waals surface area (Å²) in [4.78, 5) is 12.0. The molecule has 2 rings (SSSR count). The van der Waals surface area contributed by atoms with Crippen LogP contribution in [0.3, 0.4) is 0 Å². The van der Waals surface area contributed by atoms with Crippen molar-refractivity contribution in [3.63, 3.8) is 0 Å². The van der Waals surface area contributed by atoms with Crippen molar-refractivity contribution in [2.45, 2.75) is 19.6 Å². The molecule has 0 saturated heterocycles. The van der Waals surface area contributed by atoms with Gasteiger partial charge in [-0.3, -0.25) is 9.48 Å². The highest BCUT2D eigenvalue weighted by Gasteiger charge is 2.30. The van der Waals surface area contributed by atoms with Crippen molar-refractivity contribution >= 4 is 27.5 Å². The number of aromatic nitrogens is 2. The number of amides is 1. The van der Waals surface area contributed by atoms with Gasteiger partial charge >= 0.3 is 6.18 Å². The highest BCUT2D eigenvalue weighted by Crippen LogP contribution is 2.29. The summed E-state index contributed by atoms with van der Waals surface area (Å²) in [6, 6.07) is 4.34. The summed E-state index contributed by atoms with van der Waals surface area (Å²) in [5.41, 5.74) is -0.425. The minimum Gasteiger partial charge on any atom is -0.326 e. The van der Waals surface area contributed by atoms with Gasteiger partial charge in [0.1, 0.15) is 0 Å². The van der Waals surface area contributed by atoms with E-state index in [9.17, 15) is 18.0 Å². The van der Waals surface area contributed by atoms with Crippen molar-refractivity contribution in [1.82, 2.24) is 9.78 Å². The largest absolute Gasteiger partial charge is 0.416 e. The van der Waals surface area contributed by atoms with E-state index >= 15 is 0 Å². The number of nitrogens with zero attached hydrogens (tertiary/aromatic N) is 2. The summed E-state index contributed by atoms with van der Waals surface area (Å²) in [6.45, 7) is 2.09. The fraction of sp³-hybridized carbons (Fsp3) is 0.286. The minimum atomic E-state index is -4.39. The lowest BCUT2D eigenvalue weighted by atomic mass is 10.1. The summed E-state index contributed by atoms with van der Waals surface area (Å²) in [7, 11) is 0. The molecule has 2 aromatic rings. The first kappa shape index (κ1) is 16.5. The van der Waals surface area contributed by atoms with E-state index < -0.39 is 11.7 Å². The van der Waals surface area contributed by atoms with Crippen LogP contribution in [0.25, 0.3) is 0 Å². The van der Waals surface area contributed by atoms with Gasteiger partial charge in [-0.05, 0) is 40.2 Å². The van der Waals surface area contributed by atoms with Crippen LogP contribution in [-0.4, -0.2) is 15.7 Å². The molecular weight excluding hydrogens is 363 g/mol. The normalized spacial score (nSPS) is 13.0. The van der Waals surface area contributed by atoms with E-state index in [1.165, 1.54) is 12.1 Å². The maximum absolute atomic E-state index is 12.5. The van der Waals surface area contributed by atoms with Crippen LogP contribution >= 0.6 is 15.9 Å². The second-order valence-electron chi connectivity index (χ2n) is 4.85. The number of anilines is 1. The van der Waals surface area contributed by atoms with E-state index in [1.807, 2.05) is 0 Å². The second kappa shape index (κ2) is 6.51. The SMILES string of the molecule is C[C@@H](Cn1cc(Br)cn1)C(=O)Nc1ccc(C(F)(F)F)cc1. The molecule has 8 heteroatoms. The van der Waals surface area contributed by atoms with E-state index in [2.05, 4.69) is 26.3 Å². The van der Waals surface area contributed by atoms with Gasteiger partial charge in [-0.15, -0.1) is 0 Å². The average Bonchev–Trinajstić information content (AvgIpc) is 2.83. The molecule has 0 radical (unpaired) electrons. The molecule has 1 N–H and O–H groups in total. The van der Waals surface area contributed by atoms with Crippen LogP contribution in [0.4, 0.5) is 18.9 Å². The molecular formula is C14H13BrF3N3O. The first-order valence-corrected chi connectivity index (χ1v) is 7.21. The van der Waals surface area contributed by atoms with Crippen molar-refractivity contribution in [3.05, 3.63) is 46.7 Å². The first-order chi connectivity index (χ1) is 10.3. The van der Waals surface area contributed by atoms with E-state index in [4.69, 9.17) is 0 Å². The Balaban J connectivity index is 1.96. The standard InChI is InChI=1S/C14H13BrF3N3O/c1-9(7-21-8-11(15)6-19-21)13(22)20-12-4-2-10(3-5-12)14(16,17)18/h2-6,8-9H,7H2,1H3,(H,20,22)/t9-/m0/s1. The molecule has 0 aliphatic rings. The average molecular weight is 376 g/mol. The molecule has 1 aromatic carbocycles. The zero-order valence-electron chi connectivity index (χ0n) is 11.6. The Kier molecular flexibility index (Phi) is 4.90. The third kappa shape index (κ3) is 4.33. The smallest absolute Gasteiger partial charge is 0.326 e. The highest BCUT2D eigenvalue weighted by molar-refractivity contribution is 9.10. The monoisotopic (exact) mass is 375 g/mol. The van der Waals surface area contributed by atoms with Crippen LogP contribution in [0, 0.1) is 5.92 Å². The molecule has 118 valence electrons. The molecule has 0 fully saturated rings. The van der Waals surface area contributed by atoms with E-state index in [-0.39, 0.29) is 11.8 Å². The van der Waals surface area contributed by atoms with Crippen molar-refractivity contribution in [3.8, 4) is 0 Å². The van der Waals surface area contributed by atoms with Crippen LogP contribution in [-0.2, 0) is 17.5 Å². The van der Waals surface area contributed by atoms with Gasteiger partial charge in [0, 0.05) is 11.9 Å². The number of nitrogens with one attached hydrogen (secondary N) is 1. The molecule has 0 spiro atoms. The quantitative estimate of drug-likeness (QED) is 0.879. The van der Waals surface area contributed by atoms with Gasteiger partial charge < -0.3 is 5.32 Å². The Morgan fingerprint density at radius 3 is 2.50 bits per heavy atom. The van der Waals surface area contributed by atoms with Gasteiger partial charge in [0.2, 0.25) is 5.91 Å². The lowest BCUT2D eigenvalue weighted by molar-refractivity contribution is -0.137. The number of alkyl halides is 3. The molecule has 22 heavy (non-hydrogen) atoms. The molecule has 0 bridgehead atoms. The number of hydrogen-bond acceptors (Lipinski definition) is 2. The second-order valence-corrected chi connectivity index (χ2v) is 5.76. The van der Waals surface area contributed by atoms with Crippen molar-refractivity contribution in [2.75, 3.05) is 5.32 Å². The zero-order valence-corrected chi connectivity index (χ0v) is 13.1. The van der Waals surface area contributed by atoms with E-state index in [1.54, 1.807) is 24.0 Å². The van der Waals surface area contributed by atoms with Crippen LogP contribution in [0.15, 0.2) is 41.1 Å². The predicted octanol–water partition coefficient (Wildman–Crippen LogP) is 3.94. The molecule has 1 heterocycles. The number of carbonyl (C=O) groups is 1. The topological polar surface area (TPSA) is 46.9 Å². The van der Waals surface area contributed by atoms with Gasteiger partial charge in [0.25, 0.3) is 0 Å². The van der Waals surface area contributed by atoms with Gasteiger partial charge in [-0.2, -0.15) is 18.3 Å². The Morgan fingerprint density at radius 2 is 2.00 bits per heavy atom. The molecule has 0 unspecified atom stereocenters. The molecule has 0 aliphatic carbocycles. The number of rotatable bonds is 4. The van der Waals surface area contributed by atoms with Crippen molar-refractivity contribution < 1.29 is 18.0 Å². The van der Waals surface area contributed by atoms with Gasteiger partial charge in [0.15, 0.2) is 0 Å². The Hall–Kier alpha value is -1.83. The van der Waals surface area contributed by atoms with E-state index in [0.29, 0.717) is 12.2 Å². The van der Waals surface area contributed by atoms with Crippen LogP contribution < -0.4 is 5.32 Å². The zero-order chi connectivity index (χ0) is 16.3. The summed E-state index contributed by atoms with van der Waals surface area (Å²) < 4.78 is 39.8. The summed E-state index contributed by atoms with van der Waals surface area (Å²) in [5.74, 6) is -0.666. The van der Waals surface area contributed by atoms with Gasteiger partial charge in [-0.25, -0.2) is 0 Å². The van der Waals surface area contributed by atoms with Crippen LogP contribution in [0.1, 0.15) is 12.5 Å². The molecule has 1 atom stereocenters. The molecule has 1 aromatic heterocycles. The molecule has 0 aliphatic heterocycles. The van der Waals surface area contributed by atoms with Crippen LogP contribution in [0.5, 0.6) is 0 Å². The summed E-state index contributed by atoms with van der Waals surface area (Å²) >= 11 is 3.26. The van der Waals surface area contributed by atoms with Gasteiger partial charge in [0.05, 0.1) is 28.7 Å². The lowest BCUT2D eigenvalue weighted by Gasteiger charge is -2.13. The number of benzene rings is 1.